The Morgan fingerprint density at radius 1 is 1.15 bits per heavy atom. The molecule has 3 aromatic rings. The first-order valence-electron chi connectivity index (χ1n) is 10.00. The van der Waals surface area contributed by atoms with Gasteiger partial charge in [-0.05, 0) is 42.0 Å². The van der Waals surface area contributed by atoms with Crippen LogP contribution in [-0.2, 0) is 11.2 Å². The molecule has 0 radical (unpaired) electrons. The van der Waals surface area contributed by atoms with E-state index in [9.17, 15) is 23.8 Å². The van der Waals surface area contributed by atoms with E-state index in [0.717, 1.165) is 12.1 Å². The molecule has 0 saturated heterocycles. The molecule has 33 heavy (non-hydrogen) atoms. The van der Waals surface area contributed by atoms with Gasteiger partial charge in [-0.2, -0.15) is 0 Å². The fraction of sp³-hybridized carbons (Fsp3) is 0.167. The lowest BCUT2D eigenvalue weighted by molar-refractivity contribution is -0.0339. The molecule has 0 bridgehead atoms. The van der Waals surface area contributed by atoms with Gasteiger partial charge in [0.25, 0.3) is 0 Å². The summed E-state index contributed by atoms with van der Waals surface area (Å²) < 4.78 is 34.0. The number of hydrogen-bond acceptors (Lipinski definition) is 7. The molecule has 3 heterocycles. The van der Waals surface area contributed by atoms with Crippen LogP contribution in [0.25, 0.3) is 17.1 Å². The van der Waals surface area contributed by atoms with Crippen molar-refractivity contribution in [2.75, 3.05) is 0 Å². The third kappa shape index (κ3) is 4.55. The van der Waals surface area contributed by atoms with E-state index in [-0.39, 0.29) is 23.7 Å². The van der Waals surface area contributed by atoms with Gasteiger partial charge in [0.05, 0.1) is 5.56 Å². The Hall–Kier alpha value is -3.82. The Balaban J connectivity index is 1.64. The van der Waals surface area contributed by atoms with Crippen molar-refractivity contribution < 1.29 is 28.5 Å². The zero-order chi connectivity index (χ0) is 23.5. The molecule has 0 fully saturated rings. The van der Waals surface area contributed by atoms with E-state index in [1.54, 1.807) is 6.07 Å². The predicted molar refractivity (Wildman–Crippen MR) is 115 cm³/mol. The van der Waals surface area contributed by atoms with Crippen molar-refractivity contribution in [3.63, 3.8) is 0 Å². The summed E-state index contributed by atoms with van der Waals surface area (Å²) in [6, 6.07) is 6.35. The van der Waals surface area contributed by atoms with Crippen molar-refractivity contribution in [3.05, 3.63) is 96.1 Å². The van der Waals surface area contributed by atoms with Gasteiger partial charge < -0.3 is 14.9 Å². The van der Waals surface area contributed by atoms with E-state index in [0.29, 0.717) is 11.1 Å². The molecule has 1 aromatic carbocycles. The molecule has 2 aromatic heterocycles. The lowest BCUT2D eigenvalue weighted by Crippen LogP contribution is -2.40. The number of Topliss-reactive ketones (excluding diaryl/α,β-unsaturated/α-hetero) is 1. The number of pyridine rings is 1. The Morgan fingerprint density at radius 2 is 1.91 bits per heavy atom. The Morgan fingerprint density at radius 3 is 2.64 bits per heavy atom. The topological polar surface area (TPSA) is 105 Å². The van der Waals surface area contributed by atoms with E-state index >= 15 is 0 Å². The van der Waals surface area contributed by atoms with E-state index in [2.05, 4.69) is 21.5 Å². The van der Waals surface area contributed by atoms with Crippen molar-refractivity contribution in [1.29, 1.82) is 0 Å². The maximum absolute atomic E-state index is 14.1. The number of aliphatic hydroxyl groups is 2. The van der Waals surface area contributed by atoms with Crippen molar-refractivity contribution in [3.8, 4) is 11.4 Å². The van der Waals surface area contributed by atoms with Crippen LogP contribution in [0.1, 0.15) is 21.6 Å². The van der Waals surface area contributed by atoms with Crippen LogP contribution in [0.4, 0.5) is 8.78 Å². The molecule has 1 aliphatic rings. The largest absolute Gasteiger partial charge is 0.483 e. The number of carbonyl (C=O) groups excluding carboxylic acids is 1. The molecule has 7 nitrogen and oxygen atoms in total. The lowest BCUT2D eigenvalue weighted by atomic mass is 9.97. The van der Waals surface area contributed by atoms with Crippen LogP contribution in [0.3, 0.4) is 0 Å². The lowest BCUT2D eigenvalue weighted by Gasteiger charge is -2.30. The Labute approximate surface area is 187 Å². The highest BCUT2D eigenvalue weighted by molar-refractivity contribution is 5.96. The van der Waals surface area contributed by atoms with Crippen LogP contribution in [0.5, 0.6) is 0 Å². The van der Waals surface area contributed by atoms with Gasteiger partial charge in [0, 0.05) is 30.6 Å². The van der Waals surface area contributed by atoms with Crippen molar-refractivity contribution in [1.82, 2.24) is 15.0 Å². The van der Waals surface area contributed by atoms with Gasteiger partial charge in [0.15, 0.2) is 11.6 Å². The second kappa shape index (κ2) is 9.35. The van der Waals surface area contributed by atoms with Crippen LogP contribution in [0.15, 0.2) is 67.7 Å². The Bertz CT molecular complexity index is 1230. The predicted octanol–water partition coefficient (Wildman–Crippen LogP) is 2.89. The summed E-state index contributed by atoms with van der Waals surface area (Å²) in [5.74, 6) is -2.10. The van der Waals surface area contributed by atoms with Crippen molar-refractivity contribution in [2.45, 2.75) is 24.7 Å². The maximum Gasteiger partial charge on any atom is 0.185 e. The normalized spacial score (nSPS) is 20.0. The highest BCUT2D eigenvalue weighted by Gasteiger charge is 2.31. The minimum Gasteiger partial charge on any atom is -0.483 e. The molecule has 0 aliphatic carbocycles. The third-order valence-electron chi connectivity index (χ3n) is 5.15. The molecule has 2 N–H and O–H groups in total. The molecule has 168 valence electrons. The summed E-state index contributed by atoms with van der Waals surface area (Å²) in [6.45, 7) is 3.60. The molecule has 0 unspecified atom stereocenters. The number of nitrogens with zero attached hydrogens (tertiary/aromatic N) is 3. The standard InChI is InChI=1S/C24H19F2N3O4/c1-2-20-23(32)19(31)11-21(33-20)14-6-8-27-12-13(14)10-18(30)17-7-9-28-24(29-17)22-15(25)4-3-5-16(22)26/h2-9,11-12,19-20,23,31-32H,1,10H2/t19-,20-,23+/m1/s1. The van der Waals surface area contributed by atoms with Gasteiger partial charge in [-0.25, -0.2) is 18.7 Å². The van der Waals surface area contributed by atoms with Crippen LogP contribution >= 0.6 is 0 Å². The summed E-state index contributed by atoms with van der Waals surface area (Å²) in [5.41, 5.74) is 0.511. The second-order valence-electron chi connectivity index (χ2n) is 7.33. The molecule has 1 aliphatic heterocycles. The van der Waals surface area contributed by atoms with Crippen LogP contribution in [0, 0.1) is 11.6 Å². The Kier molecular flexibility index (Phi) is 6.34. The number of hydrogen-bond donors (Lipinski definition) is 2. The van der Waals surface area contributed by atoms with Crippen molar-refractivity contribution in [2.24, 2.45) is 0 Å². The maximum atomic E-state index is 14.1. The number of halogens is 2. The van der Waals surface area contributed by atoms with Gasteiger partial charge >= 0.3 is 0 Å². The SMILES string of the molecule is C=C[C@H]1OC(c2ccncc2CC(=O)c2ccnc(-c3c(F)cccc3F)n2)=C[C@@H](O)[C@@H]1O. The summed E-state index contributed by atoms with van der Waals surface area (Å²) >= 11 is 0. The summed E-state index contributed by atoms with van der Waals surface area (Å²) in [5, 5.41) is 20.1. The molecule has 9 heteroatoms. The number of carbonyl (C=O) groups is 1. The smallest absolute Gasteiger partial charge is 0.185 e. The highest BCUT2D eigenvalue weighted by Crippen LogP contribution is 2.29. The van der Waals surface area contributed by atoms with Gasteiger partial charge in [0.1, 0.15) is 41.4 Å². The number of aliphatic hydroxyl groups excluding tert-OH is 2. The average molecular weight is 451 g/mol. The number of benzene rings is 1. The van der Waals surface area contributed by atoms with Gasteiger partial charge in [-0.1, -0.05) is 12.6 Å². The van der Waals surface area contributed by atoms with Gasteiger partial charge in [-0.15, -0.1) is 0 Å². The molecular formula is C24H19F2N3O4. The quantitative estimate of drug-likeness (QED) is 0.439. The minimum absolute atomic E-state index is 0.0320. The fourth-order valence-corrected chi connectivity index (χ4v) is 3.46. The van der Waals surface area contributed by atoms with E-state index < -0.39 is 41.3 Å². The number of ether oxygens (including phenoxy) is 1. The van der Waals surface area contributed by atoms with Crippen LogP contribution < -0.4 is 0 Å². The molecule has 3 atom stereocenters. The van der Waals surface area contributed by atoms with Crippen LogP contribution in [-0.4, -0.2) is 49.3 Å². The van der Waals surface area contributed by atoms with Crippen molar-refractivity contribution >= 4 is 11.5 Å². The third-order valence-corrected chi connectivity index (χ3v) is 5.15. The molecule has 0 spiro atoms. The van der Waals surface area contributed by atoms with Crippen LogP contribution in [0.2, 0.25) is 0 Å². The summed E-state index contributed by atoms with van der Waals surface area (Å²) in [4.78, 5) is 25.0. The number of aromatic nitrogens is 3. The van der Waals surface area contributed by atoms with E-state index in [1.807, 2.05) is 0 Å². The molecule has 0 saturated carbocycles. The van der Waals surface area contributed by atoms with E-state index in [4.69, 9.17) is 4.74 Å². The van der Waals surface area contributed by atoms with Gasteiger partial charge in [0.2, 0.25) is 0 Å². The monoisotopic (exact) mass is 451 g/mol. The molecule has 4 rings (SSSR count). The average Bonchev–Trinajstić information content (AvgIpc) is 2.81. The minimum atomic E-state index is -1.19. The second-order valence-corrected chi connectivity index (χ2v) is 7.33. The first kappa shape index (κ1) is 22.4. The summed E-state index contributed by atoms with van der Waals surface area (Å²) in [7, 11) is 0. The molecule has 0 amide bonds. The summed E-state index contributed by atoms with van der Waals surface area (Å²) in [6.07, 6.45) is 3.59. The zero-order valence-corrected chi connectivity index (χ0v) is 17.2. The fourth-order valence-electron chi connectivity index (χ4n) is 3.46. The zero-order valence-electron chi connectivity index (χ0n) is 17.2. The van der Waals surface area contributed by atoms with Gasteiger partial charge in [-0.3, -0.25) is 9.78 Å². The number of ketones is 1. The molecular weight excluding hydrogens is 432 g/mol. The first-order chi connectivity index (χ1) is 15.9. The highest BCUT2D eigenvalue weighted by atomic mass is 19.1. The first-order valence-corrected chi connectivity index (χ1v) is 10.00. The number of rotatable bonds is 6. The van der Waals surface area contributed by atoms with E-state index in [1.165, 1.54) is 42.9 Å².